The summed E-state index contributed by atoms with van der Waals surface area (Å²) in [6.45, 7) is 0. The molecule has 17 heavy (non-hydrogen) atoms. The van der Waals surface area contributed by atoms with Crippen molar-refractivity contribution in [1.82, 2.24) is 0 Å². The van der Waals surface area contributed by atoms with Gasteiger partial charge in [-0.1, -0.05) is 15.9 Å². The van der Waals surface area contributed by atoms with Crippen LogP contribution in [-0.4, -0.2) is 11.1 Å². The molecule has 1 N–H and O–H groups in total. The average Bonchev–Trinajstić information content (AvgIpc) is 2.65. The van der Waals surface area contributed by atoms with Gasteiger partial charge in [0, 0.05) is 19.0 Å². The number of hydrogen-bond donors (Lipinski definition) is 1. The van der Waals surface area contributed by atoms with Gasteiger partial charge in [0.2, 0.25) is 5.76 Å². The molecule has 0 saturated heterocycles. The fraction of sp³-hybridized carbons (Fsp3) is 0. The first-order chi connectivity index (χ1) is 7.99. The number of halogens is 3. The molecule has 0 fully saturated rings. The van der Waals surface area contributed by atoms with Gasteiger partial charge in [0.05, 0.1) is 0 Å². The van der Waals surface area contributed by atoms with Crippen molar-refractivity contribution in [2.45, 2.75) is 0 Å². The van der Waals surface area contributed by atoms with Crippen molar-refractivity contribution in [3.8, 4) is 11.3 Å². The molecular weight excluding hydrogens is 420 g/mol. The molecule has 0 aliphatic rings. The van der Waals surface area contributed by atoms with Crippen LogP contribution in [0, 0.1) is 0 Å². The molecule has 0 atom stereocenters. The van der Waals surface area contributed by atoms with Crippen molar-refractivity contribution in [1.29, 1.82) is 0 Å². The van der Waals surface area contributed by atoms with Crippen LogP contribution >= 0.6 is 47.8 Å². The molecule has 0 aliphatic carbocycles. The maximum absolute atomic E-state index is 10.7. The van der Waals surface area contributed by atoms with E-state index in [2.05, 4.69) is 47.8 Å². The van der Waals surface area contributed by atoms with Gasteiger partial charge in [-0.25, -0.2) is 4.79 Å². The zero-order chi connectivity index (χ0) is 12.6. The van der Waals surface area contributed by atoms with Gasteiger partial charge < -0.3 is 9.52 Å². The zero-order valence-electron chi connectivity index (χ0n) is 8.21. The van der Waals surface area contributed by atoms with E-state index in [4.69, 9.17) is 9.52 Å². The Kier molecular flexibility index (Phi) is 3.75. The van der Waals surface area contributed by atoms with Gasteiger partial charge in [-0.05, 0) is 56.1 Å². The van der Waals surface area contributed by atoms with Crippen LogP contribution in [-0.2, 0) is 0 Å². The number of rotatable bonds is 2. The quantitative estimate of drug-likeness (QED) is 0.743. The second kappa shape index (κ2) is 4.96. The fourth-order valence-corrected chi connectivity index (χ4v) is 4.01. The van der Waals surface area contributed by atoms with Crippen molar-refractivity contribution in [3.05, 3.63) is 43.4 Å². The van der Waals surface area contributed by atoms with Crippen LogP contribution < -0.4 is 0 Å². The maximum atomic E-state index is 10.7. The van der Waals surface area contributed by atoms with E-state index >= 15 is 0 Å². The molecule has 88 valence electrons. The minimum atomic E-state index is -1.08. The zero-order valence-corrected chi connectivity index (χ0v) is 13.0. The predicted octanol–water partition coefficient (Wildman–Crippen LogP) is 4.93. The smallest absolute Gasteiger partial charge is 0.371 e. The highest BCUT2D eigenvalue weighted by atomic mass is 79.9. The van der Waals surface area contributed by atoms with Crippen molar-refractivity contribution in [2.24, 2.45) is 0 Å². The van der Waals surface area contributed by atoms with E-state index < -0.39 is 5.97 Å². The summed E-state index contributed by atoms with van der Waals surface area (Å²) in [5, 5.41) is 8.80. The van der Waals surface area contributed by atoms with E-state index in [9.17, 15) is 4.79 Å². The summed E-state index contributed by atoms with van der Waals surface area (Å²) in [4.78, 5) is 10.7. The van der Waals surface area contributed by atoms with Gasteiger partial charge in [-0.2, -0.15) is 0 Å². The summed E-state index contributed by atoms with van der Waals surface area (Å²) < 4.78 is 7.79. The van der Waals surface area contributed by atoms with Crippen LogP contribution in [0.5, 0.6) is 0 Å². The summed E-state index contributed by atoms with van der Waals surface area (Å²) in [7, 11) is 0. The molecule has 1 aromatic heterocycles. The lowest BCUT2D eigenvalue weighted by atomic mass is 10.2. The number of hydrogen-bond acceptors (Lipinski definition) is 2. The Morgan fingerprint density at radius 3 is 2.18 bits per heavy atom. The molecule has 0 aliphatic heterocycles. The van der Waals surface area contributed by atoms with E-state index in [1.807, 2.05) is 12.1 Å². The Bertz CT molecular complexity index is 566. The Hall–Kier alpha value is -0.590. The number of carboxylic acids is 1. The molecule has 0 saturated carbocycles. The van der Waals surface area contributed by atoms with Gasteiger partial charge in [0.15, 0.2) is 0 Å². The maximum Gasteiger partial charge on any atom is 0.371 e. The highest BCUT2D eigenvalue weighted by Crippen LogP contribution is 2.38. The predicted molar refractivity (Wildman–Crippen MR) is 74.2 cm³/mol. The highest BCUT2D eigenvalue weighted by molar-refractivity contribution is 9.11. The van der Waals surface area contributed by atoms with Crippen LogP contribution in [0.4, 0.5) is 0 Å². The number of furan rings is 1. The molecule has 0 bridgehead atoms. The van der Waals surface area contributed by atoms with E-state index in [-0.39, 0.29) is 5.76 Å². The minimum Gasteiger partial charge on any atom is -0.475 e. The van der Waals surface area contributed by atoms with Gasteiger partial charge >= 0.3 is 5.97 Å². The first kappa shape index (κ1) is 12.9. The minimum absolute atomic E-state index is 0.0817. The summed E-state index contributed by atoms with van der Waals surface area (Å²) in [6.07, 6.45) is 0. The molecule has 6 heteroatoms. The molecule has 0 unspecified atom stereocenters. The highest BCUT2D eigenvalue weighted by Gasteiger charge is 2.15. The molecular formula is C11H5Br3O3. The largest absolute Gasteiger partial charge is 0.475 e. The van der Waals surface area contributed by atoms with Crippen molar-refractivity contribution in [2.75, 3.05) is 0 Å². The number of carboxylic acid groups (broad SMARTS) is 1. The molecule has 0 radical (unpaired) electrons. The van der Waals surface area contributed by atoms with E-state index in [1.165, 1.54) is 6.07 Å². The van der Waals surface area contributed by atoms with Crippen LogP contribution in [0.25, 0.3) is 11.3 Å². The van der Waals surface area contributed by atoms with Gasteiger partial charge in [-0.15, -0.1) is 0 Å². The standard InChI is InChI=1S/C11H5Br3O3/c12-5-3-6(13)10(7(14)4-5)8-1-2-9(17-8)11(15)16/h1-4H,(H,15,16). The average molecular weight is 425 g/mol. The monoisotopic (exact) mass is 422 g/mol. The van der Waals surface area contributed by atoms with Crippen molar-refractivity contribution in [3.63, 3.8) is 0 Å². The van der Waals surface area contributed by atoms with Crippen LogP contribution in [0.2, 0.25) is 0 Å². The molecule has 2 aromatic rings. The second-order valence-corrected chi connectivity index (χ2v) is 5.84. The van der Waals surface area contributed by atoms with Crippen molar-refractivity contribution >= 4 is 53.8 Å². The summed E-state index contributed by atoms with van der Waals surface area (Å²) >= 11 is 10.2. The first-order valence-electron chi connectivity index (χ1n) is 4.47. The molecule has 3 nitrogen and oxygen atoms in total. The molecule has 2 rings (SSSR count). The Labute approximate surface area is 122 Å². The number of benzene rings is 1. The topological polar surface area (TPSA) is 50.4 Å². The fourth-order valence-electron chi connectivity index (χ4n) is 1.36. The third kappa shape index (κ3) is 2.64. The number of carbonyl (C=O) groups is 1. The lowest BCUT2D eigenvalue weighted by Gasteiger charge is -2.05. The van der Waals surface area contributed by atoms with E-state index in [0.717, 1.165) is 19.0 Å². The lowest BCUT2D eigenvalue weighted by Crippen LogP contribution is -1.91. The third-order valence-corrected chi connectivity index (χ3v) is 3.78. The number of aromatic carboxylic acids is 1. The summed E-state index contributed by atoms with van der Waals surface area (Å²) in [6, 6.07) is 6.78. The van der Waals surface area contributed by atoms with Crippen molar-refractivity contribution < 1.29 is 14.3 Å². The first-order valence-corrected chi connectivity index (χ1v) is 6.85. The van der Waals surface area contributed by atoms with Gasteiger partial charge in [-0.3, -0.25) is 0 Å². The van der Waals surface area contributed by atoms with E-state index in [1.54, 1.807) is 6.07 Å². The second-order valence-electron chi connectivity index (χ2n) is 3.21. The Morgan fingerprint density at radius 2 is 1.71 bits per heavy atom. The normalized spacial score (nSPS) is 10.5. The van der Waals surface area contributed by atoms with Crippen LogP contribution in [0.3, 0.4) is 0 Å². The summed E-state index contributed by atoms with van der Waals surface area (Å²) in [5.41, 5.74) is 0.778. The Balaban J connectivity index is 2.56. The third-order valence-electron chi connectivity index (χ3n) is 2.07. The van der Waals surface area contributed by atoms with Gasteiger partial charge in [0.1, 0.15) is 5.76 Å². The van der Waals surface area contributed by atoms with Gasteiger partial charge in [0.25, 0.3) is 0 Å². The molecule has 0 amide bonds. The molecule has 1 heterocycles. The van der Waals surface area contributed by atoms with E-state index in [0.29, 0.717) is 5.76 Å². The lowest BCUT2D eigenvalue weighted by molar-refractivity contribution is 0.0663. The molecule has 1 aromatic carbocycles. The van der Waals surface area contributed by atoms with Crippen LogP contribution in [0.1, 0.15) is 10.6 Å². The molecule has 0 spiro atoms. The Morgan fingerprint density at radius 1 is 1.12 bits per heavy atom. The van der Waals surface area contributed by atoms with Crippen LogP contribution in [0.15, 0.2) is 42.1 Å². The summed E-state index contributed by atoms with van der Waals surface area (Å²) in [5.74, 6) is -0.670. The SMILES string of the molecule is O=C(O)c1ccc(-c2c(Br)cc(Br)cc2Br)o1.